The molecule has 0 unspecified atom stereocenters. The van der Waals surface area contributed by atoms with E-state index in [0.717, 1.165) is 0 Å². The topological polar surface area (TPSA) is 17.1 Å². The van der Waals surface area contributed by atoms with Crippen molar-refractivity contribution >= 4 is 17.5 Å². The van der Waals surface area contributed by atoms with Crippen LogP contribution in [-0.2, 0) is 4.79 Å². The minimum absolute atomic E-state index is 0.515. The lowest BCUT2D eigenvalue weighted by molar-refractivity contribution is 0.566. The van der Waals surface area contributed by atoms with Gasteiger partial charge in [-0.05, 0) is 13.3 Å². The number of carbonyl (C=O) groups excluding carboxylic acids is 1. The number of hydrogen-bond acceptors (Lipinski definition) is 1. The van der Waals surface area contributed by atoms with E-state index in [4.69, 9.17) is 11.6 Å². The normalized spacial score (nSPS) is 7.71. The zero-order chi connectivity index (χ0) is 5.70. The third kappa shape index (κ3) is 3.57. The van der Waals surface area contributed by atoms with E-state index in [9.17, 15) is 4.79 Å². The Balaban J connectivity index is 3.37. The zero-order valence-corrected chi connectivity index (χ0v) is 4.96. The molecule has 0 aliphatic heterocycles. The van der Waals surface area contributed by atoms with Crippen LogP contribution in [0.25, 0.3) is 0 Å². The van der Waals surface area contributed by atoms with Crippen molar-refractivity contribution < 1.29 is 4.79 Å². The first-order chi connectivity index (χ1) is 3.31. The second-order valence-corrected chi connectivity index (χ2v) is 1.70. The Labute approximate surface area is 48.0 Å². The highest BCUT2D eigenvalue weighted by atomic mass is 35.5. The van der Waals surface area contributed by atoms with E-state index in [0.29, 0.717) is 17.9 Å². The maximum Gasteiger partial charge on any atom is 0.123 e. The van der Waals surface area contributed by atoms with E-state index < -0.39 is 0 Å². The fourth-order valence-corrected chi connectivity index (χ4v) is 0.476. The third-order valence-electron chi connectivity index (χ3n) is 0.644. The minimum atomic E-state index is 0.515. The number of hydrogen-bond donors (Lipinski definition) is 0. The van der Waals surface area contributed by atoms with Crippen molar-refractivity contribution in [3.63, 3.8) is 0 Å². The van der Waals surface area contributed by atoms with Gasteiger partial charge in [-0.1, -0.05) is 0 Å². The average molecular weight is 119 g/mol. The van der Waals surface area contributed by atoms with E-state index >= 15 is 0 Å². The summed E-state index contributed by atoms with van der Waals surface area (Å²) in [4.78, 5) is 9.67. The van der Waals surface area contributed by atoms with Crippen molar-refractivity contribution in [2.75, 3.05) is 5.88 Å². The van der Waals surface area contributed by atoms with Crippen molar-refractivity contribution in [3.8, 4) is 0 Å². The summed E-state index contributed by atoms with van der Waals surface area (Å²) in [5.74, 6) is 2.26. The summed E-state index contributed by atoms with van der Waals surface area (Å²) in [5.41, 5.74) is 0.690. The number of rotatable bonds is 2. The van der Waals surface area contributed by atoms with Gasteiger partial charge in [0.2, 0.25) is 0 Å². The molecule has 1 nitrogen and oxygen atoms in total. The SMILES string of the molecule is CC(=C=O)CCCl. The second-order valence-electron chi connectivity index (χ2n) is 1.32. The molecule has 0 heterocycles. The lowest BCUT2D eigenvalue weighted by Gasteiger charge is -1.82. The number of allylic oxidation sites excluding steroid dienone is 1. The maximum absolute atomic E-state index is 9.67. The predicted octanol–water partition coefficient (Wildman–Crippen LogP) is 1.39. The van der Waals surface area contributed by atoms with Crippen LogP contribution in [0, 0.1) is 0 Å². The van der Waals surface area contributed by atoms with E-state index in [1.54, 1.807) is 12.9 Å². The Bertz CT molecular complexity index is 92.3. The molecular weight excluding hydrogens is 112 g/mol. The van der Waals surface area contributed by atoms with E-state index in [1.807, 2.05) is 0 Å². The molecule has 0 rings (SSSR count). The summed E-state index contributed by atoms with van der Waals surface area (Å²) in [6.45, 7) is 1.72. The molecule has 0 aliphatic carbocycles. The smallest absolute Gasteiger partial charge is 0.123 e. The third-order valence-corrected chi connectivity index (χ3v) is 0.833. The molecule has 0 atom stereocenters. The van der Waals surface area contributed by atoms with Gasteiger partial charge in [-0.2, -0.15) is 0 Å². The molecule has 0 amide bonds. The van der Waals surface area contributed by atoms with Crippen LogP contribution in [0.2, 0.25) is 0 Å². The van der Waals surface area contributed by atoms with Crippen LogP contribution in [0.5, 0.6) is 0 Å². The van der Waals surface area contributed by atoms with Gasteiger partial charge in [0.1, 0.15) is 5.94 Å². The zero-order valence-electron chi connectivity index (χ0n) is 4.20. The lowest BCUT2D eigenvalue weighted by atomic mass is 10.3. The molecule has 0 N–H and O–H groups in total. The molecule has 0 aromatic rings. The molecule has 0 saturated heterocycles. The van der Waals surface area contributed by atoms with Gasteiger partial charge in [0, 0.05) is 11.5 Å². The van der Waals surface area contributed by atoms with Gasteiger partial charge in [0.15, 0.2) is 0 Å². The molecule has 0 aliphatic rings. The van der Waals surface area contributed by atoms with Crippen molar-refractivity contribution in [2.45, 2.75) is 13.3 Å². The summed E-state index contributed by atoms with van der Waals surface area (Å²) in [6, 6.07) is 0. The Morgan fingerprint density at radius 3 is 2.57 bits per heavy atom. The van der Waals surface area contributed by atoms with Crippen LogP contribution < -0.4 is 0 Å². The highest BCUT2D eigenvalue weighted by Gasteiger charge is 1.83. The van der Waals surface area contributed by atoms with Crippen molar-refractivity contribution in [3.05, 3.63) is 5.57 Å². The van der Waals surface area contributed by atoms with Gasteiger partial charge < -0.3 is 0 Å². The fourth-order valence-electron chi connectivity index (χ4n) is 0.193. The van der Waals surface area contributed by atoms with Crippen molar-refractivity contribution in [1.29, 1.82) is 0 Å². The average Bonchev–Trinajstić information content (AvgIpc) is 1.68. The molecule has 0 fully saturated rings. The molecule has 0 saturated carbocycles. The van der Waals surface area contributed by atoms with E-state index in [-0.39, 0.29) is 0 Å². The van der Waals surface area contributed by atoms with E-state index in [1.165, 1.54) is 0 Å². The molecular formula is C5H7ClO. The number of halogens is 1. The largest absolute Gasteiger partial charge is 0.234 e. The predicted molar refractivity (Wildman–Crippen MR) is 30.2 cm³/mol. The quantitative estimate of drug-likeness (QED) is 0.396. The van der Waals surface area contributed by atoms with Gasteiger partial charge in [-0.25, -0.2) is 4.79 Å². The molecule has 0 spiro atoms. The molecule has 0 bridgehead atoms. The highest BCUT2D eigenvalue weighted by molar-refractivity contribution is 6.18. The first-order valence-corrected chi connectivity index (χ1v) is 2.61. The van der Waals surface area contributed by atoms with Gasteiger partial charge in [0.05, 0.1) is 0 Å². The van der Waals surface area contributed by atoms with E-state index in [2.05, 4.69) is 0 Å². The van der Waals surface area contributed by atoms with Gasteiger partial charge in [-0.3, -0.25) is 0 Å². The first kappa shape index (κ1) is 6.74. The summed E-state index contributed by atoms with van der Waals surface area (Å²) in [6.07, 6.45) is 0.658. The van der Waals surface area contributed by atoms with Crippen LogP contribution in [0.1, 0.15) is 13.3 Å². The Morgan fingerprint density at radius 2 is 2.43 bits per heavy atom. The molecule has 2 heteroatoms. The summed E-state index contributed by atoms with van der Waals surface area (Å²) >= 11 is 5.28. The molecule has 7 heavy (non-hydrogen) atoms. The molecule has 40 valence electrons. The Morgan fingerprint density at radius 1 is 1.86 bits per heavy atom. The van der Waals surface area contributed by atoms with Crippen molar-refractivity contribution in [1.82, 2.24) is 0 Å². The van der Waals surface area contributed by atoms with Crippen LogP contribution in [0.4, 0.5) is 0 Å². The summed E-state index contributed by atoms with van der Waals surface area (Å²) in [7, 11) is 0. The summed E-state index contributed by atoms with van der Waals surface area (Å²) in [5, 5.41) is 0. The fraction of sp³-hybridized carbons (Fsp3) is 0.600. The van der Waals surface area contributed by atoms with Gasteiger partial charge in [0.25, 0.3) is 0 Å². The highest BCUT2D eigenvalue weighted by Crippen LogP contribution is 1.94. The second kappa shape index (κ2) is 3.91. The molecule has 0 aromatic heterocycles. The molecule has 0 aromatic carbocycles. The first-order valence-electron chi connectivity index (χ1n) is 2.07. The maximum atomic E-state index is 9.67. The minimum Gasteiger partial charge on any atom is -0.234 e. The van der Waals surface area contributed by atoms with Crippen LogP contribution in [0.15, 0.2) is 5.57 Å². The summed E-state index contributed by atoms with van der Waals surface area (Å²) < 4.78 is 0. The Hall–Kier alpha value is -0.260. The molecule has 0 radical (unpaired) electrons. The van der Waals surface area contributed by atoms with Crippen LogP contribution >= 0.6 is 11.6 Å². The van der Waals surface area contributed by atoms with Gasteiger partial charge in [-0.15, -0.1) is 11.6 Å². The monoisotopic (exact) mass is 118 g/mol. The van der Waals surface area contributed by atoms with Crippen LogP contribution in [-0.4, -0.2) is 11.8 Å². The lowest BCUT2D eigenvalue weighted by Crippen LogP contribution is -1.76. The van der Waals surface area contributed by atoms with Crippen LogP contribution in [0.3, 0.4) is 0 Å². The van der Waals surface area contributed by atoms with Gasteiger partial charge >= 0.3 is 0 Å². The van der Waals surface area contributed by atoms with Crippen molar-refractivity contribution in [2.24, 2.45) is 0 Å². The number of alkyl halides is 1. The Kier molecular flexibility index (Phi) is 3.77. The standard InChI is InChI=1S/C5H7ClO/c1-5(4-7)2-3-6/h2-3H2,1H3.